The van der Waals surface area contributed by atoms with E-state index in [1.807, 2.05) is 26.1 Å². The molecule has 2 rings (SSSR count). The molecule has 0 saturated carbocycles. The third kappa shape index (κ3) is 4.04. The van der Waals surface area contributed by atoms with Gasteiger partial charge >= 0.3 is 0 Å². The van der Waals surface area contributed by atoms with Crippen LogP contribution in [0.5, 0.6) is 5.75 Å². The lowest BCUT2D eigenvalue weighted by Crippen LogP contribution is -2.18. The quantitative estimate of drug-likeness (QED) is 0.912. The van der Waals surface area contributed by atoms with Gasteiger partial charge in [0.25, 0.3) is 0 Å². The topological polar surface area (TPSA) is 48.1 Å². The van der Waals surface area contributed by atoms with Crippen LogP contribution in [0.25, 0.3) is 0 Å². The highest BCUT2D eigenvalue weighted by molar-refractivity contribution is 7.11. The van der Waals surface area contributed by atoms with Crippen molar-refractivity contribution in [2.45, 2.75) is 39.8 Å². The van der Waals surface area contributed by atoms with E-state index < -0.39 is 0 Å². The van der Waals surface area contributed by atoms with Gasteiger partial charge in [-0.3, -0.25) is 0 Å². The summed E-state index contributed by atoms with van der Waals surface area (Å²) in [5.74, 6) is 0.925. The van der Waals surface area contributed by atoms with Crippen LogP contribution in [0.15, 0.2) is 24.4 Å². The van der Waals surface area contributed by atoms with Gasteiger partial charge in [0.2, 0.25) is 0 Å². The van der Waals surface area contributed by atoms with Gasteiger partial charge in [-0.1, -0.05) is 17.7 Å². The number of thiazole rings is 1. The third-order valence-corrected chi connectivity index (χ3v) is 3.68. The number of aromatic nitrogens is 1. The maximum Gasteiger partial charge on any atom is 0.124 e. The van der Waals surface area contributed by atoms with Gasteiger partial charge in [-0.15, -0.1) is 11.3 Å². The Morgan fingerprint density at radius 3 is 2.79 bits per heavy atom. The lowest BCUT2D eigenvalue weighted by molar-refractivity contribution is 0.305. The third-order valence-electron chi connectivity index (χ3n) is 2.80. The number of nitrogens with zero attached hydrogens (tertiary/aromatic N) is 1. The van der Waals surface area contributed by atoms with Crippen LogP contribution in [0.4, 0.5) is 0 Å². The van der Waals surface area contributed by atoms with Gasteiger partial charge in [0.05, 0.1) is 9.88 Å². The first kappa shape index (κ1) is 14.0. The Bertz CT molecular complexity index is 549. The molecule has 1 aromatic heterocycles. The first-order valence-electron chi connectivity index (χ1n) is 6.44. The second-order valence-electron chi connectivity index (χ2n) is 4.93. The number of hydrogen-bond donors (Lipinski definition) is 1. The molecule has 1 unspecified atom stereocenters. The number of hydrogen-bond acceptors (Lipinski definition) is 4. The van der Waals surface area contributed by atoms with Crippen LogP contribution in [-0.2, 0) is 13.0 Å². The second kappa shape index (κ2) is 6.17. The number of rotatable bonds is 5. The zero-order valence-corrected chi connectivity index (χ0v) is 12.5. The molecule has 19 heavy (non-hydrogen) atoms. The van der Waals surface area contributed by atoms with Crippen molar-refractivity contribution in [2.75, 3.05) is 0 Å². The Kier molecular flexibility index (Phi) is 4.56. The van der Waals surface area contributed by atoms with Gasteiger partial charge in [-0.25, -0.2) is 4.98 Å². The van der Waals surface area contributed by atoms with Crippen molar-refractivity contribution < 1.29 is 4.74 Å². The van der Waals surface area contributed by atoms with E-state index in [1.54, 1.807) is 11.3 Å². The van der Waals surface area contributed by atoms with Crippen molar-refractivity contribution >= 4 is 11.3 Å². The van der Waals surface area contributed by atoms with Crippen molar-refractivity contribution in [1.29, 1.82) is 0 Å². The Morgan fingerprint density at radius 1 is 1.37 bits per heavy atom. The highest BCUT2D eigenvalue weighted by Crippen LogP contribution is 2.23. The van der Waals surface area contributed by atoms with E-state index >= 15 is 0 Å². The average Bonchev–Trinajstić information content (AvgIpc) is 2.73. The number of aryl methyl sites for hydroxylation is 2. The zero-order valence-electron chi connectivity index (χ0n) is 11.6. The fourth-order valence-corrected chi connectivity index (χ4v) is 2.68. The van der Waals surface area contributed by atoms with Gasteiger partial charge in [-0.2, -0.15) is 0 Å². The van der Waals surface area contributed by atoms with E-state index in [4.69, 9.17) is 10.5 Å². The van der Waals surface area contributed by atoms with Gasteiger partial charge in [0.15, 0.2) is 0 Å². The molecule has 0 radical (unpaired) electrons. The summed E-state index contributed by atoms with van der Waals surface area (Å²) in [6.45, 7) is 6.67. The minimum absolute atomic E-state index is 0.134. The van der Waals surface area contributed by atoms with Crippen LogP contribution in [0.2, 0.25) is 0 Å². The first-order valence-corrected chi connectivity index (χ1v) is 7.25. The predicted molar refractivity (Wildman–Crippen MR) is 79.7 cm³/mol. The normalized spacial score (nSPS) is 12.4. The van der Waals surface area contributed by atoms with E-state index in [2.05, 4.69) is 24.0 Å². The number of nitrogens with two attached hydrogens (primary N) is 1. The Labute approximate surface area is 118 Å². The minimum atomic E-state index is 0.134. The van der Waals surface area contributed by atoms with Crippen molar-refractivity contribution in [2.24, 2.45) is 5.73 Å². The molecule has 1 heterocycles. The summed E-state index contributed by atoms with van der Waals surface area (Å²) in [5, 5.41) is 1.07. The fraction of sp³-hybridized carbons (Fsp3) is 0.400. The second-order valence-corrected chi connectivity index (χ2v) is 6.25. The van der Waals surface area contributed by atoms with Crippen LogP contribution < -0.4 is 10.5 Å². The molecule has 2 aromatic rings. The van der Waals surface area contributed by atoms with Crippen LogP contribution in [0.3, 0.4) is 0 Å². The van der Waals surface area contributed by atoms with Crippen molar-refractivity contribution in [3.63, 3.8) is 0 Å². The summed E-state index contributed by atoms with van der Waals surface area (Å²) in [7, 11) is 0. The molecule has 0 saturated heterocycles. The largest absolute Gasteiger partial charge is 0.488 e. The van der Waals surface area contributed by atoms with Gasteiger partial charge in [0, 0.05) is 12.2 Å². The van der Waals surface area contributed by atoms with Crippen LogP contribution in [-0.4, -0.2) is 11.0 Å². The molecule has 0 amide bonds. The molecule has 1 atom stereocenters. The highest BCUT2D eigenvalue weighted by atomic mass is 32.1. The first-order chi connectivity index (χ1) is 9.04. The lowest BCUT2D eigenvalue weighted by Gasteiger charge is -2.13. The maximum absolute atomic E-state index is 5.91. The molecular formula is C15H20N2OS. The average molecular weight is 276 g/mol. The minimum Gasteiger partial charge on any atom is -0.488 e. The van der Waals surface area contributed by atoms with E-state index in [0.29, 0.717) is 6.61 Å². The van der Waals surface area contributed by atoms with E-state index in [1.165, 1.54) is 11.1 Å². The van der Waals surface area contributed by atoms with Crippen molar-refractivity contribution in [3.05, 3.63) is 45.4 Å². The summed E-state index contributed by atoms with van der Waals surface area (Å²) in [6, 6.07) is 6.38. The van der Waals surface area contributed by atoms with Crippen molar-refractivity contribution in [1.82, 2.24) is 4.98 Å². The van der Waals surface area contributed by atoms with Gasteiger partial charge in [-0.05, 0) is 38.8 Å². The Hall–Kier alpha value is -1.39. The van der Waals surface area contributed by atoms with E-state index in [-0.39, 0.29) is 6.04 Å². The smallest absolute Gasteiger partial charge is 0.124 e. The summed E-state index contributed by atoms with van der Waals surface area (Å²) >= 11 is 1.67. The Morgan fingerprint density at radius 2 is 2.16 bits per heavy atom. The summed E-state index contributed by atoms with van der Waals surface area (Å²) < 4.78 is 5.91. The van der Waals surface area contributed by atoms with Gasteiger partial charge < -0.3 is 10.5 Å². The molecule has 0 aliphatic carbocycles. The summed E-state index contributed by atoms with van der Waals surface area (Å²) in [5.41, 5.74) is 8.30. The SMILES string of the molecule is Cc1ccc(OCc2cnc(C)s2)c(CC(C)N)c1. The zero-order chi connectivity index (χ0) is 13.8. The summed E-state index contributed by atoms with van der Waals surface area (Å²) in [4.78, 5) is 5.38. The molecule has 0 fully saturated rings. The number of ether oxygens (including phenoxy) is 1. The molecule has 1 aromatic carbocycles. The maximum atomic E-state index is 5.91. The predicted octanol–water partition coefficient (Wildman–Crippen LogP) is 3.23. The lowest BCUT2D eigenvalue weighted by atomic mass is 10.0. The molecule has 0 aliphatic heterocycles. The molecule has 2 N–H and O–H groups in total. The van der Waals surface area contributed by atoms with Crippen molar-refractivity contribution in [3.8, 4) is 5.75 Å². The molecule has 102 valence electrons. The monoisotopic (exact) mass is 276 g/mol. The highest BCUT2D eigenvalue weighted by Gasteiger charge is 2.08. The van der Waals surface area contributed by atoms with Crippen LogP contribution >= 0.6 is 11.3 Å². The summed E-state index contributed by atoms with van der Waals surface area (Å²) in [6.07, 6.45) is 2.71. The van der Waals surface area contributed by atoms with E-state index in [9.17, 15) is 0 Å². The number of benzene rings is 1. The van der Waals surface area contributed by atoms with Gasteiger partial charge in [0.1, 0.15) is 12.4 Å². The fourth-order valence-electron chi connectivity index (χ4n) is 1.98. The molecule has 0 spiro atoms. The molecule has 0 bridgehead atoms. The standard InChI is InChI=1S/C15H20N2OS/c1-10-4-5-15(13(6-10)7-11(2)16)18-9-14-8-17-12(3)19-14/h4-6,8,11H,7,9,16H2,1-3H3. The molecular weight excluding hydrogens is 256 g/mol. The molecule has 3 nitrogen and oxygen atoms in total. The van der Waals surface area contributed by atoms with Crippen LogP contribution in [0, 0.1) is 13.8 Å². The molecule has 0 aliphatic rings. The van der Waals surface area contributed by atoms with Crippen LogP contribution in [0.1, 0.15) is 27.9 Å². The molecule has 4 heteroatoms. The van der Waals surface area contributed by atoms with E-state index in [0.717, 1.165) is 22.1 Å². The Balaban J connectivity index is 2.10.